The van der Waals surface area contributed by atoms with Crippen molar-refractivity contribution in [3.05, 3.63) is 23.9 Å². The van der Waals surface area contributed by atoms with Gasteiger partial charge in [-0.05, 0) is 49.1 Å². The number of nitrogens with one attached hydrogen (secondary N) is 2. The van der Waals surface area contributed by atoms with Crippen LogP contribution in [0.4, 0.5) is 10.6 Å². The van der Waals surface area contributed by atoms with Crippen LogP contribution in [0.25, 0.3) is 0 Å². The molecule has 24 heavy (non-hydrogen) atoms. The molecule has 0 radical (unpaired) electrons. The Labute approximate surface area is 149 Å². The van der Waals surface area contributed by atoms with Crippen LogP contribution in [-0.4, -0.2) is 41.7 Å². The summed E-state index contributed by atoms with van der Waals surface area (Å²) in [7, 11) is 0. The minimum Gasteiger partial charge on any atom is -0.357 e. The molecule has 6 heteroatoms. The van der Waals surface area contributed by atoms with Gasteiger partial charge in [-0.25, -0.2) is 9.78 Å². The van der Waals surface area contributed by atoms with Crippen LogP contribution in [0.5, 0.6) is 0 Å². The third kappa shape index (κ3) is 5.30. The topological polar surface area (TPSA) is 57.3 Å². The van der Waals surface area contributed by atoms with Crippen molar-refractivity contribution in [3.63, 3.8) is 0 Å². The Morgan fingerprint density at radius 2 is 2.08 bits per heavy atom. The van der Waals surface area contributed by atoms with E-state index in [4.69, 9.17) is 0 Å². The number of carbonyl (C=O) groups is 1. The molecule has 2 aliphatic rings. The molecule has 0 aliphatic carbocycles. The number of carbonyl (C=O) groups excluding carboxylic acids is 1. The van der Waals surface area contributed by atoms with Crippen molar-refractivity contribution < 1.29 is 4.79 Å². The van der Waals surface area contributed by atoms with Crippen LogP contribution >= 0.6 is 11.8 Å². The fourth-order valence-electron chi connectivity index (χ4n) is 3.32. The molecule has 5 nitrogen and oxygen atoms in total. The van der Waals surface area contributed by atoms with Crippen molar-refractivity contribution >= 4 is 23.6 Å². The quantitative estimate of drug-likeness (QED) is 0.877. The molecule has 2 N–H and O–H groups in total. The van der Waals surface area contributed by atoms with E-state index < -0.39 is 0 Å². The molecule has 3 rings (SSSR count). The molecule has 3 heterocycles. The molecule has 132 valence electrons. The normalized spacial score (nSPS) is 21.8. The minimum absolute atomic E-state index is 0.0596. The Balaban J connectivity index is 1.49. The lowest BCUT2D eigenvalue weighted by atomic mass is 10.2. The third-order valence-corrected chi connectivity index (χ3v) is 5.90. The average Bonchev–Trinajstić information content (AvgIpc) is 2.91. The number of nitrogens with zero attached hydrogens (tertiary/aromatic N) is 2. The van der Waals surface area contributed by atoms with E-state index in [0.717, 1.165) is 36.6 Å². The summed E-state index contributed by atoms with van der Waals surface area (Å²) in [6.45, 7) is 2.72. The predicted molar refractivity (Wildman–Crippen MR) is 101 cm³/mol. The Hall–Kier alpha value is -1.43. The lowest BCUT2D eigenvalue weighted by molar-refractivity contribution is 0.237. The maximum absolute atomic E-state index is 12.1. The molecule has 0 unspecified atom stereocenters. The minimum atomic E-state index is -0.0596. The van der Waals surface area contributed by atoms with Gasteiger partial charge in [-0.1, -0.05) is 12.8 Å². The summed E-state index contributed by atoms with van der Waals surface area (Å²) in [4.78, 5) is 19.0. The first-order valence-electron chi connectivity index (χ1n) is 9.13. The molecule has 0 bridgehead atoms. The summed E-state index contributed by atoms with van der Waals surface area (Å²) in [5.74, 6) is 3.29. The van der Waals surface area contributed by atoms with Gasteiger partial charge in [0.2, 0.25) is 0 Å². The summed E-state index contributed by atoms with van der Waals surface area (Å²) in [5, 5.41) is 6.06. The lowest BCUT2D eigenvalue weighted by Crippen LogP contribution is -2.44. The molecule has 2 aliphatic heterocycles. The van der Waals surface area contributed by atoms with E-state index in [-0.39, 0.29) is 6.03 Å². The zero-order chi connectivity index (χ0) is 16.6. The Morgan fingerprint density at radius 3 is 2.83 bits per heavy atom. The highest BCUT2D eigenvalue weighted by molar-refractivity contribution is 7.99. The van der Waals surface area contributed by atoms with Gasteiger partial charge in [0.05, 0.1) is 0 Å². The van der Waals surface area contributed by atoms with E-state index in [9.17, 15) is 4.79 Å². The zero-order valence-corrected chi connectivity index (χ0v) is 15.1. The molecule has 0 aromatic carbocycles. The monoisotopic (exact) mass is 348 g/mol. The third-order valence-electron chi connectivity index (χ3n) is 4.69. The van der Waals surface area contributed by atoms with E-state index >= 15 is 0 Å². The number of urea groups is 1. The number of hydrogen-bond donors (Lipinski definition) is 2. The van der Waals surface area contributed by atoms with Gasteiger partial charge in [-0.15, -0.1) is 0 Å². The molecule has 0 spiro atoms. The van der Waals surface area contributed by atoms with Gasteiger partial charge >= 0.3 is 6.03 Å². The Kier molecular flexibility index (Phi) is 6.64. The summed E-state index contributed by atoms with van der Waals surface area (Å²) in [6, 6.07) is 4.35. The standard InChI is InChI=1S/C18H28N4OS/c23-18(21-16-6-5-11-24-14-16)20-13-15-7-8-19-17(12-15)22-9-3-1-2-4-10-22/h7-8,12,16H,1-6,9-11,13-14H2,(H2,20,21,23)/t16-/m0/s1. The molecule has 1 aromatic rings. The molecular weight excluding hydrogens is 320 g/mol. The molecule has 1 aromatic heterocycles. The Morgan fingerprint density at radius 1 is 1.25 bits per heavy atom. The summed E-state index contributed by atoms with van der Waals surface area (Å²) in [6.07, 6.45) is 9.26. The van der Waals surface area contributed by atoms with Crippen LogP contribution < -0.4 is 15.5 Å². The van der Waals surface area contributed by atoms with E-state index in [2.05, 4.69) is 26.6 Å². The highest BCUT2D eigenvalue weighted by Gasteiger charge is 2.16. The van der Waals surface area contributed by atoms with Gasteiger partial charge in [-0.3, -0.25) is 0 Å². The average molecular weight is 349 g/mol. The first-order chi connectivity index (χ1) is 11.8. The fraction of sp³-hybridized carbons (Fsp3) is 0.667. The number of aromatic nitrogens is 1. The largest absolute Gasteiger partial charge is 0.357 e. The van der Waals surface area contributed by atoms with Crippen molar-refractivity contribution in [3.8, 4) is 0 Å². The molecule has 2 saturated heterocycles. The van der Waals surface area contributed by atoms with Gasteiger partial charge in [0.15, 0.2) is 0 Å². The van der Waals surface area contributed by atoms with Crippen LogP contribution in [0.1, 0.15) is 44.1 Å². The molecule has 0 saturated carbocycles. The number of rotatable bonds is 4. The van der Waals surface area contributed by atoms with Crippen LogP contribution in [0.15, 0.2) is 18.3 Å². The second-order valence-corrected chi connectivity index (χ2v) is 7.81. The molecule has 2 fully saturated rings. The van der Waals surface area contributed by atoms with Crippen LogP contribution in [-0.2, 0) is 6.54 Å². The number of thioether (sulfide) groups is 1. The number of pyridine rings is 1. The van der Waals surface area contributed by atoms with E-state index in [1.807, 2.05) is 24.0 Å². The number of amides is 2. The highest BCUT2D eigenvalue weighted by Crippen LogP contribution is 2.18. The number of anilines is 1. The summed E-state index contributed by atoms with van der Waals surface area (Å²) < 4.78 is 0. The molecule has 2 amide bonds. The maximum atomic E-state index is 12.1. The van der Waals surface area contributed by atoms with Crippen molar-refractivity contribution in [1.29, 1.82) is 0 Å². The van der Waals surface area contributed by atoms with Crippen LogP contribution in [0.3, 0.4) is 0 Å². The second kappa shape index (κ2) is 9.16. The zero-order valence-electron chi connectivity index (χ0n) is 14.3. The maximum Gasteiger partial charge on any atom is 0.315 e. The van der Waals surface area contributed by atoms with E-state index in [1.54, 1.807) is 0 Å². The first kappa shape index (κ1) is 17.4. The fourth-order valence-corrected chi connectivity index (χ4v) is 4.39. The van der Waals surface area contributed by atoms with E-state index in [1.165, 1.54) is 37.9 Å². The van der Waals surface area contributed by atoms with Crippen LogP contribution in [0.2, 0.25) is 0 Å². The van der Waals surface area contributed by atoms with Crippen molar-refractivity contribution in [2.24, 2.45) is 0 Å². The van der Waals surface area contributed by atoms with Crippen molar-refractivity contribution in [2.75, 3.05) is 29.5 Å². The van der Waals surface area contributed by atoms with Crippen molar-refractivity contribution in [1.82, 2.24) is 15.6 Å². The van der Waals surface area contributed by atoms with Crippen LogP contribution in [0, 0.1) is 0 Å². The SMILES string of the molecule is O=C(NCc1ccnc(N2CCCCCC2)c1)N[C@H]1CCCSC1. The molecule has 1 atom stereocenters. The van der Waals surface area contributed by atoms with Crippen molar-refractivity contribution in [2.45, 2.75) is 51.1 Å². The van der Waals surface area contributed by atoms with Gasteiger partial charge in [0.1, 0.15) is 5.82 Å². The van der Waals surface area contributed by atoms with Gasteiger partial charge < -0.3 is 15.5 Å². The summed E-state index contributed by atoms with van der Waals surface area (Å²) >= 11 is 1.92. The molecular formula is C18H28N4OS. The predicted octanol–water partition coefficient (Wildman–Crippen LogP) is 3.16. The lowest BCUT2D eigenvalue weighted by Gasteiger charge is -2.23. The Bertz CT molecular complexity index is 526. The first-order valence-corrected chi connectivity index (χ1v) is 10.3. The highest BCUT2D eigenvalue weighted by atomic mass is 32.2. The number of hydrogen-bond acceptors (Lipinski definition) is 4. The smallest absolute Gasteiger partial charge is 0.315 e. The second-order valence-electron chi connectivity index (χ2n) is 6.66. The van der Waals surface area contributed by atoms with Gasteiger partial charge in [-0.2, -0.15) is 11.8 Å². The summed E-state index contributed by atoms with van der Waals surface area (Å²) in [5.41, 5.74) is 1.11. The van der Waals surface area contributed by atoms with E-state index in [0.29, 0.717) is 12.6 Å². The van der Waals surface area contributed by atoms with Gasteiger partial charge in [0, 0.05) is 37.6 Å². The van der Waals surface area contributed by atoms with Gasteiger partial charge in [0.25, 0.3) is 0 Å².